The summed E-state index contributed by atoms with van der Waals surface area (Å²) in [5.41, 5.74) is 6.43. The van der Waals surface area contributed by atoms with E-state index in [9.17, 15) is 0 Å². The summed E-state index contributed by atoms with van der Waals surface area (Å²) in [5.74, 6) is 0.181. The number of hydrogen-bond acceptors (Lipinski definition) is 3. The summed E-state index contributed by atoms with van der Waals surface area (Å²) in [5, 5.41) is 17.5. The number of phenolic OH excluding ortho intramolecular Hbond substituents is 1. The van der Waals surface area contributed by atoms with E-state index in [0.29, 0.717) is 0 Å². The highest BCUT2D eigenvalue weighted by atomic mass is 16.3. The topological polar surface area (TPSA) is 70.0 Å². The molecule has 0 amide bonds. The van der Waals surface area contributed by atoms with Crippen molar-refractivity contribution in [1.82, 2.24) is 0 Å². The Kier molecular flexibility index (Phi) is 2.67. The van der Waals surface area contributed by atoms with Gasteiger partial charge >= 0.3 is 0 Å². The molecule has 0 aliphatic heterocycles. The first-order valence-electron chi connectivity index (χ1n) is 3.65. The molecular weight excluding hydrogens is 152 g/mol. The summed E-state index contributed by atoms with van der Waals surface area (Å²) < 4.78 is 0. The lowest BCUT2D eigenvalue weighted by Crippen LogP contribution is -2.08. The third kappa shape index (κ3) is 1.97. The zero-order valence-electron chi connectivity index (χ0n) is 6.57. The highest BCUT2D eigenvalue weighted by molar-refractivity contribution is 5.29. The third-order valence-electron chi connectivity index (χ3n) is 1.61. The van der Waals surface area contributed by atoms with E-state index in [1.807, 2.05) is 6.07 Å². The van der Waals surface area contributed by atoms with Gasteiger partial charge in [-0.15, -0.1) is 0 Å². The summed E-state index contributed by atoms with van der Waals surface area (Å²) in [6, 6.07) is 8.32. The maximum absolute atomic E-state index is 9.09. The van der Waals surface area contributed by atoms with Crippen LogP contribution < -0.4 is 5.73 Å². The van der Waals surface area contributed by atoms with E-state index in [2.05, 4.69) is 0 Å². The van der Waals surface area contributed by atoms with E-state index in [1.165, 1.54) is 0 Å². The molecule has 0 radical (unpaired) electrons. The number of nitrogens with two attached hydrogens (primary N) is 1. The minimum atomic E-state index is -0.304. The molecule has 0 bridgehead atoms. The van der Waals surface area contributed by atoms with Crippen molar-refractivity contribution in [3.63, 3.8) is 0 Å². The molecule has 0 heterocycles. The molecule has 1 aromatic rings. The van der Waals surface area contributed by atoms with Crippen molar-refractivity contribution < 1.29 is 5.11 Å². The van der Waals surface area contributed by atoms with Gasteiger partial charge in [0.2, 0.25) is 0 Å². The van der Waals surface area contributed by atoms with Crippen LogP contribution in [0.25, 0.3) is 0 Å². The van der Waals surface area contributed by atoms with Crippen molar-refractivity contribution in [3.05, 3.63) is 29.8 Å². The van der Waals surface area contributed by atoms with E-state index in [0.717, 1.165) is 5.56 Å². The number of nitrogens with zero attached hydrogens (tertiary/aromatic N) is 1. The summed E-state index contributed by atoms with van der Waals surface area (Å²) in [7, 11) is 0. The van der Waals surface area contributed by atoms with Crippen molar-refractivity contribution >= 4 is 0 Å². The minimum absolute atomic E-state index is 0.181. The van der Waals surface area contributed by atoms with Crippen LogP contribution in [0.2, 0.25) is 0 Å². The highest BCUT2D eigenvalue weighted by Crippen LogP contribution is 2.17. The first kappa shape index (κ1) is 8.57. The van der Waals surface area contributed by atoms with Gasteiger partial charge in [0.1, 0.15) is 5.75 Å². The number of hydrogen-bond donors (Lipinski definition) is 2. The summed E-state index contributed by atoms with van der Waals surface area (Å²) in [6.07, 6.45) is 0.267. The Bertz CT molecular complexity index is 304. The smallest absolute Gasteiger partial charge is 0.115 e. The van der Waals surface area contributed by atoms with Crippen LogP contribution in [0, 0.1) is 11.3 Å². The molecule has 3 heteroatoms. The molecular formula is C9H10N2O. The fourth-order valence-corrected chi connectivity index (χ4v) is 0.972. The molecule has 3 N–H and O–H groups in total. The maximum atomic E-state index is 9.09. The lowest BCUT2D eigenvalue weighted by atomic mass is 10.1. The second-order valence-electron chi connectivity index (χ2n) is 2.56. The summed E-state index contributed by atoms with van der Waals surface area (Å²) in [4.78, 5) is 0. The predicted octanol–water partition coefficient (Wildman–Crippen LogP) is 1.31. The molecule has 0 aliphatic carbocycles. The third-order valence-corrected chi connectivity index (χ3v) is 1.61. The molecule has 0 saturated carbocycles. The number of rotatable bonds is 2. The second-order valence-corrected chi connectivity index (χ2v) is 2.56. The zero-order chi connectivity index (χ0) is 8.97. The van der Waals surface area contributed by atoms with E-state index in [1.54, 1.807) is 24.3 Å². The molecule has 62 valence electrons. The van der Waals surface area contributed by atoms with Gasteiger partial charge in [-0.1, -0.05) is 12.1 Å². The van der Waals surface area contributed by atoms with Gasteiger partial charge in [0.05, 0.1) is 12.5 Å². The first-order chi connectivity index (χ1) is 5.74. The Balaban J connectivity index is 2.82. The Morgan fingerprint density at radius 1 is 1.58 bits per heavy atom. The average Bonchev–Trinajstić information content (AvgIpc) is 2.05. The van der Waals surface area contributed by atoms with E-state index in [-0.39, 0.29) is 18.2 Å². The maximum Gasteiger partial charge on any atom is 0.115 e. The first-order valence-corrected chi connectivity index (χ1v) is 3.65. The van der Waals surface area contributed by atoms with E-state index >= 15 is 0 Å². The normalized spacial score (nSPS) is 12.0. The fraction of sp³-hybridized carbons (Fsp3) is 0.222. The summed E-state index contributed by atoms with van der Waals surface area (Å²) >= 11 is 0. The van der Waals surface area contributed by atoms with Crippen LogP contribution in [0.4, 0.5) is 0 Å². The molecule has 0 unspecified atom stereocenters. The molecule has 0 saturated heterocycles. The van der Waals surface area contributed by atoms with Crippen LogP contribution in [0.15, 0.2) is 24.3 Å². The van der Waals surface area contributed by atoms with Crippen molar-refractivity contribution in [2.75, 3.05) is 0 Å². The van der Waals surface area contributed by atoms with Gasteiger partial charge in [-0.2, -0.15) is 5.26 Å². The molecule has 1 rings (SSSR count). The summed E-state index contributed by atoms with van der Waals surface area (Å²) in [6.45, 7) is 0. The molecule has 0 aliphatic rings. The molecule has 12 heavy (non-hydrogen) atoms. The Morgan fingerprint density at radius 2 is 2.33 bits per heavy atom. The molecule has 0 aromatic heterocycles. The quantitative estimate of drug-likeness (QED) is 0.688. The molecule has 1 aromatic carbocycles. The van der Waals surface area contributed by atoms with Crippen LogP contribution >= 0.6 is 0 Å². The second kappa shape index (κ2) is 3.74. The van der Waals surface area contributed by atoms with Crippen LogP contribution in [0.3, 0.4) is 0 Å². The number of benzene rings is 1. The minimum Gasteiger partial charge on any atom is -0.508 e. The van der Waals surface area contributed by atoms with Crippen molar-refractivity contribution in [2.45, 2.75) is 12.5 Å². The number of aromatic hydroxyl groups is 1. The predicted molar refractivity (Wildman–Crippen MR) is 45.3 cm³/mol. The highest BCUT2D eigenvalue weighted by Gasteiger charge is 2.04. The van der Waals surface area contributed by atoms with Gasteiger partial charge in [0, 0.05) is 6.04 Å². The van der Waals surface area contributed by atoms with Gasteiger partial charge in [0.25, 0.3) is 0 Å². The van der Waals surface area contributed by atoms with E-state index in [4.69, 9.17) is 16.1 Å². The van der Waals surface area contributed by atoms with Gasteiger partial charge in [-0.3, -0.25) is 0 Å². The van der Waals surface area contributed by atoms with Crippen LogP contribution in [-0.4, -0.2) is 5.11 Å². The number of phenols is 1. The SMILES string of the molecule is N#CC[C@H](N)c1cccc(O)c1. The van der Waals surface area contributed by atoms with Crippen LogP contribution in [-0.2, 0) is 0 Å². The Hall–Kier alpha value is -1.53. The monoisotopic (exact) mass is 162 g/mol. The molecule has 0 fully saturated rings. The van der Waals surface area contributed by atoms with Gasteiger partial charge < -0.3 is 10.8 Å². The van der Waals surface area contributed by atoms with Crippen molar-refractivity contribution in [3.8, 4) is 11.8 Å². The van der Waals surface area contributed by atoms with Gasteiger partial charge in [0.15, 0.2) is 0 Å². The average molecular weight is 162 g/mol. The lowest BCUT2D eigenvalue weighted by Gasteiger charge is -2.06. The van der Waals surface area contributed by atoms with Gasteiger partial charge in [-0.05, 0) is 17.7 Å². The largest absolute Gasteiger partial charge is 0.508 e. The molecule has 0 spiro atoms. The zero-order valence-corrected chi connectivity index (χ0v) is 6.57. The van der Waals surface area contributed by atoms with Crippen LogP contribution in [0.1, 0.15) is 18.0 Å². The van der Waals surface area contributed by atoms with Gasteiger partial charge in [-0.25, -0.2) is 0 Å². The Labute approximate surface area is 71.1 Å². The molecule has 1 atom stereocenters. The van der Waals surface area contributed by atoms with E-state index < -0.39 is 0 Å². The number of nitriles is 1. The molecule has 3 nitrogen and oxygen atoms in total. The lowest BCUT2D eigenvalue weighted by molar-refractivity contribution is 0.473. The fourth-order valence-electron chi connectivity index (χ4n) is 0.972. The Morgan fingerprint density at radius 3 is 2.92 bits per heavy atom. The van der Waals surface area contributed by atoms with Crippen molar-refractivity contribution in [2.24, 2.45) is 5.73 Å². The van der Waals surface area contributed by atoms with Crippen LogP contribution in [0.5, 0.6) is 5.75 Å². The standard InChI is InChI=1S/C9H10N2O/c10-5-4-9(11)7-2-1-3-8(12)6-7/h1-3,6,9,12H,4,11H2/t9-/m0/s1. The van der Waals surface area contributed by atoms with Crippen molar-refractivity contribution in [1.29, 1.82) is 5.26 Å².